The minimum Gasteiger partial charge on any atom is -0.377 e. The van der Waals surface area contributed by atoms with Crippen molar-refractivity contribution in [3.63, 3.8) is 0 Å². The third kappa shape index (κ3) is 3.33. The Morgan fingerprint density at radius 2 is 2.19 bits per heavy atom. The largest absolute Gasteiger partial charge is 0.377 e. The van der Waals surface area contributed by atoms with Gasteiger partial charge in [-0.25, -0.2) is 0 Å². The van der Waals surface area contributed by atoms with Crippen molar-refractivity contribution in [3.8, 4) is 10.8 Å². The van der Waals surface area contributed by atoms with Gasteiger partial charge in [-0.15, -0.1) is 11.3 Å². The summed E-state index contributed by atoms with van der Waals surface area (Å²) in [7, 11) is 0. The first kappa shape index (κ1) is 14.7. The van der Waals surface area contributed by atoms with E-state index in [1.54, 1.807) is 11.3 Å². The summed E-state index contributed by atoms with van der Waals surface area (Å²) in [5, 5.41) is 3.99. The van der Waals surface area contributed by atoms with Crippen LogP contribution in [0.2, 0.25) is 0 Å². The van der Waals surface area contributed by atoms with Crippen LogP contribution in [-0.2, 0) is 17.6 Å². The molecule has 0 aliphatic heterocycles. The van der Waals surface area contributed by atoms with Crippen molar-refractivity contribution >= 4 is 11.3 Å². The van der Waals surface area contributed by atoms with E-state index in [0.29, 0.717) is 18.3 Å². The molecule has 1 aliphatic rings. The van der Waals surface area contributed by atoms with Crippen LogP contribution in [0.3, 0.4) is 0 Å². The van der Waals surface area contributed by atoms with Crippen molar-refractivity contribution in [3.05, 3.63) is 22.3 Å². The molecule has 0 aromatic carbocycles. The summed E-state index contributed by atoms with van der Waals surface area (Å²) in [6.45, 7) is 4.35. The first-order chi connectivity index (χ1) is 10.1. The third-order valence-electron chi connectivity index (χ3n) is 3.59. The lowest BCUT2D eigenvalue weighted by molar-refractivity contribution is 0.0665. The summed E-state index contributed by atoms with van der Waals surface area (Å²) in [5.74, 6) is 1.08. The summed E-state index contributed by atoms with van der Waals surface area (Å²) in [4.78, 5) is 6.94. The normalized spacial score (nSPS) is 16.2. The Balaban J connectivity index is 1.73. The molecule has 0 bridgehead atoms. The Morgan fingerprint density at radius 3 is 2.95 bits per heavy atom. The van der Waals surface area contributed by atoms with Gasteiger partial charge in [0.15, 0.2) is 5.82 Å². The molecule has 114 valence electrons. The fourth-order valence-electron chi connectivity index (χ4n) is 2.45. The minimum absolute atomic E-state index is 0.145. The lowest BCUT2D eigenvalue weighted by atomic mass is 9.99. The average Bonchev–Trinajstić information content (AvgIpc) is 3.10. The van der Waals surface area contributed by atoms with Crippen molar-refractivity contribution in [2.24, 2.45) is 5.73 Å². The molecule has 2 aromatic heterocycles. The molecule has 6 heteroatoms. The Labute approximate surface area is 128 Å². The van der Waals surface area contributed by atoms with Crippen molar-refractivity contribution in [2.45, 2.75) is 51.7 Å². The zero-order valence-corrected chi connectivity index (χ0v) is 13.3. The van der Waals surface area contributed by atoms with Gasteiger partial charge >= 0.3 is 0 Å². The van der Waals surface area contributed by atoms with Gasteiger partial charge in [-0.1, -0.05) is 5.16 Å². The van der Waals surface area contributed by atoms with Crippen LogP contribution < -0.4 is 5.73 Å². The number of thiophene rings is 1. The first-order valence-corrected chi connectivity index (χ1v) is 8.28. The third-order valence-corrected chi connectivity index (χ3v) is 4.81. The van der Waals surface area contributed by atoms with Gasteiger partial charge in [0.2, 0.25) is 0 Å². The highest BCUT2D eigenvalue weighted by atomic mass is 32.1. The minimum atomic E-state index is -0.348. The molecule has 21 heavy (non-hydrogen) atoms. The molecule has 0 radical (unpaired) electrons. The van der Waals surface area contributed by atoms with Crippen LogP contribution in [0, 0.1) is 0 Å². The molecule has 1 unspecified atom stereocenters. The highest BCUT2D eigenvalue weighted by molar-refractivity contribution is 7.15. The molecule has 2 N–H and O–H groups in total. The lowest BCUT2D eigenvalue weighted by Crippen LogP contribution is -2.20. The van der Waals surface area contributed by atoms with Crippen LogP contribution in [0.1, 0.15) is 49.0 Å². The number of aryl methyl sites for hydroxylation is 2. The predicted molar refractivity (Wildman–Crippen MR) is 82.3 cm³/mol. The molecule has 1 atom stereocenters. The van der Waals surface area contributed by atoms with E-state index in [2.05, 4.69) is 16.2 Å². The predicted octanol–water partition coefficient (Wildman–Crippen LogP) is 3.10. The molecule has 0 fully saturated rings. The van der Waals surface area contributed by atoms with Crippen LogP contribution in [0.15, 0.2) is 10.6 Å². The maximum atomic E-state index is 6.03. The van der Waals surface area contributed by atoms with E-state index in [1.807, 2.05) is 13.8 Å². The van der Waals surface area contributed by atoms with Gasteiger partial charge in [-0.3, -0.25) is 0 Å². The van der Waals surface area contributed by atoms with Gasteiger partial charge in [0, 0.05) is 4.88 Å². The van der Waals surface area contributed by atoms with Crippen molar-refractivity contribution in [2.75, 3.05) is 6.61 Å². The molecular formula is C15H21N3O2S. The molecular weight excluding hydrogens is 286 g/mol. The fraction of sp³-hybridized carbons (Fsp3) is 0.600. The van der Waals surface area contributed by atoms with Crippen LogP contribution in [0.5, 0.6) is 0 Å². The summed E-state index contributed by atoms with van der Waals surface area (Å²) in [6, 6.07) is 1.84. The van der Waals surface area contributed by atoms with E-state index in [9.17, 15) is 0 Å². The number of rotatable bonds is 5. The van der Waals surface area contributed by atoms with E-state index in [-0.39, 0.29) is 12.1 Å². The molecule has 0 amide bonds. The molecule has 0 saturated carbocycles. The number of hydrogen-bond donors (Lipinski definition) is 1. The van der Waals surface area contributed by atoms with E-state index < -0.39 is 0 Å². The zero-order valence-electron chi connectivity index (χ0n) is 12.5. The highest BCUT2D eigenvalue weighted by Gasteiger charge is 2.20. The Bertz CT molecular complexity index is 582. The number of nitrogens with two attached hydrogens (primary N) is 1. The van der Waals surface area contributed by atoms with Gasteiger partial charge in [0.25, 0.3) is 5.89 Å². The number of aromatic nitrogens is 2. The maximum Gasteiger partial charge on any atom is 0.268 e. The van der Waals surface area contributed by atoms with Crippen molar-refractivity contribution < 1.29 is 9.26 Å². The van der Waals surface area contributed by atoms with Gasteiger partial charge in [0.1, 0.15) is 0 Å². The molecule has 5 nitrogen and oxygen atoms in total. The van der Waals surface area contributed by atoms with Crippen molar-refractivity contribution in [1.29, 1.82) is 0 Å². The molecule has 3 rings (SSSR count). The average molecular weight is 307 g/mol. The summed E-state index contributed by atoms with van der Waals surface area (Å²) < 4.78 is 10.9. The quantitative estimate of drug-likeness (QED) is 0.918. The fourth-order valence-corrected chi connectivity index (χ4v) is 3.63. The number of ether oxygens (including phenoxy) is 1. The first-order valence-electron chi connectivity index (χ1n) is 7.46. The monoisotopic (exact) mass is 307 g/mol. The Hall–Kier alpha value is -1.24. The van der Waals surface area contributed by atoms with Gasteiger partial charge in [-0.05, 0) is 51.2 Å². The molecule has 2 heterocycles. The summed E-state index contributed by atoms with van der Waals surface area (Å²) in [5.41, 5.74) is 7.46. The Morgan fingerprint density at radius 1 is 1.38 bits per heavy atom. The second kappa shape index (κ2) is 6.25. The molecule has 1 aliphatic carbocycles. The molecule has 0 saturated heterocycles. The number of fused-ring (bicyclic) bond motifs is 1. The highest BCUT2D eigenvalue weighted by Crippen LogP contribution is 2.35. The second-order valence-electron chi connectivity index (χ2n) is 5.71. The van der Waals surface area contributed by atoms with Crippen molar-refractivity contribution in [1.82, 2.24) is 10.1 Å². The lowest BCUT2D eigenvalue weighted by Gasteiger charge is -2.10. The maximum absolute atomic E-state index is 6.03. The van der Waals surface area contributed by atoms with Crippen LogP contribution >= 0.6 is 11.3 Å². The van der Waals surface area contributed by atoms with E-state index in [4.69, 9.17) is 15.0 Å². The second-order valence-corrected chi connectivity index (χ2v) is 6.85. The smallest absolute Gasteiger partial charge is 0.268 e. The number of nitrogens with zero attached hydrogens (tertiary/aromatic N) is 2. The van der Waals surface area contributed by atoms with Gasteiger partial charge < -0.3 is 15.0 Å². The van der Waals surface area contributed by atoms with Crippen LogP contribution in [0.25, 0.3) is 10.8 Å². The summed E-state index contributed by atoms with van der Waals surface area (Å²) >= 11 is 1.76. The van der Waals surface area contributed by atoms with Crippen LogP contribution in [-0.4, -0.2) is 22.9 Å². The van der Waals surface area contributed by atoms with Crippen LogP contribution in [0.4, 0.5) is 0 Å². The van der Waals surface area contributed by atoms with E-state index in [0.717, 1.165) is 11.3 Å². The molecule has 2 aromatic rings. The van der Waals surface area contributed by atoms with Gasteiger partial charge in [0.05, 0.1) is 23.6 Å². The number of hydrogen-bond acceptors (Lipinski definition) is 6. The van der Waals surface area contributed by atoms with E-state index >= 15 is 0 Å². The Kier molecular flexibility index (Phi) is 4.37. The standard InChI is InChI=1S/C15H21N3O2S/c1-9(2)19-8-11(16)14-17-15(20-18-14)13-7-10-5-3-4-6-12(10)21-13/h7,9,11H,3-6,8,16H2,1-2H3. The topological polar surface area (TPSA) is 74.2 Å². The molecule has 0 spiro atoms. The van der Waals surface area contributed by atoms with E-state index in [1.165, 1.54) is 29.7 Å². The SMILES string of the molecule is CC(C)OCC(N)c1noc(-c2cc3c(s2)CCCC3)n1. The zero-order chi connectivity index (χ0) is 14.8. The van der Waals surface area contributed by atoms with Gasteiger partial charge in [-0.2, -0.15) is 4.98 Å². The summed E-state index contributed by atoms with van der Waals surface area (Å²) in [6.07, 6.45) is 5.03.